The third-order valence-electron chi connectivity index (χ3n) is 3.35. The van der Waals surface area contributed by atoms with E-state index in [1.807, 2.05) is 6.07 Å². The molecule has 2 aromatic rings. The lowest BCUT2D eigenvalue weighted by molar-refractivity contribution is -0.117. The molecule has 0 saturated carbocycles. The smallest absolute Gasteiger partial charge is 0.387 e. The van der Waals surface area contributed by atoms with E-state index >= 15 is 0 Å². The molecule has 1 aromatic carbocycles. The minimum Gasteiger partial charge on any atom is -0.493 e. The molecule has 0 saturated heterocycles. The molecule has 1 N–H and O–H groups in total. The number of hydrogen-bond acceptors (Lipinski definition) is 6. The van der Waals surface area contributed by atoms with Gasteiger partial charge >= 0.3 is 6.61 Å². The summed E-state index contributed by atoms with van der Waals surface area (Å²) in [5, 5.41) is 13.9. The average molecular weight is 381 g/mol. The molecule has 0 aliphatic carbocycles. The van der Waals surface area contributed by atoms with E-state index in [0.29, 0.717) is 17.1 Å². The van der Waals surface area contributed by atoms with Crippen molar-refractivity contribution in [3.63, 3.8) is 0 Å². The first kappa shape index (κ1) is 19.6. The first-order valence-corrected chi connectivity index (χ1v) is 8.38. The summed E-state index contributed by atoms with van der Waals surface area (Å²) in [6, 6.07) is 8.26. The number of nitrogens with zero attached hydrogens (tertiary/aromatic N) is 2. The van der Waals surface area contributed by atoms with Crippen molar-refractivity contribution in [3.8, 4) is 17.6 Å². The van der Waals surface area contributed by atoms with E-state index in [1.54, 1.807) is 35.5 Å². The monoisotopic (exact) mass is 381 g/mol. The first-order chi connectivity index (χ1) is 12.4. The van der Waals surface area contributed by atoms with Gasteiger partial charge in [-0.1, -0.05) is 6.07 Å². The molecular weight excluding hydrogens is 364 g/mol. The van der Waals surface area contributed by atoms with Gasteiger partial charge in [0.1, 0.15) is 11.1 Å². The number of amides is 1. The maximum Gasteiger partial charge on any atom is 0.387 e. The van der Waals surface area contributed by atoms with Crippen LogP contribution in [-0.2, 0) is 11.3 Å². The summed E-state index contributed by atoms with van der Waals surface area (Å²) >= 11 is 1.28. The number of halogens is 2. The fraction of sp³-hybridized carbons (Fsp3) is 0.294. The summed E-state index contributed by atoms with van der Waals surface area (Å²) in [6.45, 7) is -2.44. The van der Waals surface area contributed by atoms with Crippen molar-refractivity contribution in [3.05, 3.63) is 40.8 Å². The number of ether oxygens (including phenoxy) is 2. The van der Waals surface area contributed by atoms with Crippen LogP contribution in [0.4, 0.5) is 13.8 Å². The van der Waals surface area contributed by atoms with Gasteiger partial charge in [0.05, 0.1) is 19.2 Å². The molecule has 0 spiro atoms. The van der Waals surface area contributed by atoms with Gasteiger partial charge in [-0.15, -0.1) is 11.3 Å². The molecule has 1 heterocycles. The highest BCUT2D eigenvalue weighted by molar-refractivity contribution is 7.14. The van der Waals surface area contributed by atoms with E-state index in [-0.39, 0.29) is 24.0 Å². The van der Waals surface area contributed by atoms with Crippen LogP contribution >= 0.6 is 11.3 Å². The van der Waals surface area contributed by atoms with Crippen LogP contribution in [0.3, 0.4) is 0 Å². The van der Waals surface area contributed by atoms with Gasteiger partial charge in [-0.25, -0.2) is 0 Å². The molecule has 2 rings (SSSR count). The second-order valence-corrected chi connectivity index (χ2v) is 6.28. The highest BCUT2D eigenvalue weighted by Crippen LogP contribution is 2.29. The minimum absolute atomic E-state index is 0.0478. The molecule has 1 amide bonds. The zero-order valence-electron chi connectivity index (χ0n) is 14.2. The van der Waals surface area contributed by atoms with Gasteiger partial charge in [-0.05, 0) is 36.2 Å². The molecule has 0 aliphatic rings. The summed E-state index contributed by atoms with van der Waals surface area (Å²) in [5.74, 6) is -0.109. The Labute approximate surface area is 153 Å². The number of carbonyl (C=O) groups excluding carboxylic acids is 1. The minimum atomic E-state index is -2.93. The van der Waals surface area contributed by atoms with Gasteiger partial charge in [0.25, 0.3) is 0 Å². The number of thiophene rings is 1. The van der Waals surface area contributed by atoms with Crippen molar-refractivity contribution in [2.75, 3.05) is 26.0 Å². The molecule has 0 fully saturated rings. The Hall–Kier alpha value is -2.70. The lowest BCUT2D eigenvalue weighted by atomic mass is 10.2. The molecule has 0 aliphatic heterocycles. The van der Waals surface area contributed by atoms with Crippen LogP contribution in [0.5, 0.6) is 11.5 Å². The number of rotatable bonds is 8. The summed E-state index contributed by atoms with van der Waals surface area (Å²) in [6.07, 6.45) is 0. The highest BCUT2D eigenvalue weighted by Gasteiger charge is 2.14. The zero-order chi connectivity index (χ0) is 19.1. The van der Waals surface area contributed by atoms with Crippen LogP contribution in [0.25, 0.3) is 0 Å². The van der Waals surface area contributed by atoms with E-state index < -0.39 is 6.61 Å². The third kappa shape index (κ3) is 5.40. The predicted molar refractivity (Wildman–Crippen MR) is 93.6 cm³/mol. The Kier molecular flexibility index (Phi) is 6.89. The van der Waals surface area contributed by atoms with E-state index in [0.717, 1.165) is 5.56 Å². The average Bonchev–Trinajstić information content (AvgIpc) is 3.02. The number of carbonyl (C=O) groups is 1. The van der Waals surface area contributed by atoms with Crippen LogP contribution in [0, 0.1) is 11.3 Å². The number of likely N-dealkylation sites (N-methyl/N-ethyl adjacent to an activating group) is 1. The van der Waals surface area contributed by atoms with Crippen LogP contribution in [0.15, 0.2) is 29.6 Å². The van der Waals surface area contributed by atoms with Crippen molar-refractivity contribution in [2.24, 2.45) is 0 Å². The molecule has 138 valence electrons. The molecule has 26 heavy (non-hydrogen) atoms. The quantitative estimate of drug-likeness (QED) is 0.759. The first-order valence-electron chi connectivity index (χ1n) is 7.50. The number of nitriles is 1. The van der Waals surface area contributed by atoms with Crippen molar-refractivity contribution in [1.82, 2.24) is 4.90 Å². The van der Waals surface area contributed by atoms with E-state index in [2.05, 4.69) is 10.1 Å². The SMILES string of the molecule is COc1cc(CN(C)CC(=O)Nc2sccc2C#N)ccc1OC(F)F. The van der Waals surface area contributed by atoms with Gasteiger partial charge in [-0.3, -0.25) is 9.69 Å². The molecule has 0 unspecified atom stereocenters. The van der Waals surface area contributed by atoms with Crippen molar-refractivity contribution in [2.45, 2.75) is 13.2 Å². The van der Waals surface area contributed by atoms with Gasteiger partial charge in [0.15, 0.2) is 11.5 Å². The molecule has 0 radical (unpaired) electrons. The largest absolute Gasteiger partial charge is 0.493 e. The maximum atomic E-state index is 12.4. The predicted octanol–water partition coefficient (Wildman–Crippen LogP) is 3.30. The summed E-state index contributed by atoms with van der Waals surface area (Å²) < 4.78 is 34.1. The van der Waals surface area contributed by atoms with Gasteiger partial charge in [0.2, 0.25) is 5.91 Å². The number of alkyl halides is 2. The summed E-state index contributed by atoms with van der Waals surface area (Å²) in [7, 11) is 3.11. The second-order valence-electron chi connectivity index (χ2n) is 5.36. The molecule has 0 atom stereocenters. The lowest BCUT2D eigenvalue weighted by Gasteiger charge is -2.17. The second kappa shape index (κ2) is 9.12. The Morgan fingerprint density at radius 2 is 2.15 bits per heavy atom. The number of benzene rings is 1. The zero-order valence-corrected chi connectivity index (χ0v) is 15.0. The standard InChI is InChI=1S/C17H17F2N3O3S/c1-22(10-15(23)21-16-12(8-20)5-6-26-16)9-11-3-4-13(25-17(18)19)14(7-11)24-2/h3-7,17H,9-10H2,1-2H3,(H,21,23). The molecule has 1 aromatic heterocycles. The van der Waals surface area contributed by atoms with Gasteiger partial charge in [0, 0.05) is 6.54 Å². The number of nitrogens with one attached hydrogen (secondary N) is 1. The maximum absolute atomic E-state index is 12.4. The van der Waals surface area contributed by atoms with Gasteiger partial charge < -0.3 is 14.8 Å². The summed E-state index contributed by atoms with van der Waals surface area (Å²) in [4.78, 5) is 13.8. The fourth-order valence-corrected chi connectivity index (χ4v) is 3.03. The Morgan fingerprint density at radius 3 is 2.81 bits per heavy atom. The Bertz CT molecular complexity index is 805. The van der Waals surface area contributed by atoms with Crippen molar-refractivity contribution in [1.29, 1.82) is 5.26 Å². The third-order valence-corrected chi connectivity index (χ3v) is 4.18. The van der Waals surface area contributed by atoms with Crippen molar-refractivity contribution >= 4 is 22.2 Å². The van der Waals surface area contributed by atoms with E-state index in [4.69, 9.17) is 10.00 Å². The van der Waals surface area contributed by atoms with E-state index in [9.17, 15) is 13.6 Å². The van der Waals surface area contributed by atoms with Gasteiger partial charge in [-0.2, -0.15) is 14.0 Å². The summed E-state index contributed by atoms with van der Waals surface area (Å²) in [5.41, 5.74) is 1.19. The van der Waals surface area contributed by atoms with Crippen LogP contribution < -0.4 is 14.8 Å². The van der Waals surface area contributed by atoms with Crippen LogP contribution in [0.1, 0.15) is 11.1 Å². The topological polar surface area (TPSA) is 74.6 Å². The normalized spacial score (nSPS) is 10.7. The van der Waals surface area contributed by atoms with Crippen molar-refractivity contribution < 1.29 is 23.0 Å². The molecule has 6 nitrogen and oxygen atoms in total. The number of methoxy groups -OCH3 is 1. The van der Waals surface area contributed by atoms with E-state index in [1.165, 1.54) is 24.5 Å². The Balaban J connectivity index is 1.95. The van der Waals surface area contributed by atoms with Crippen LogP contribution in [0.2, 0.25) is 0 Å². The van der Waals surface area contributed by atoms with Crippen LogP contribution in [-0.4, -0.2) is 38.1 Å². The highest BCUT2D eigenvalue weighted by atomic mass is 32.1. The molecule has 0 bridgehead atoms. The Morgan fingerprint density at radius 1 is 1.38 bits per heavy atom. The molecular formula is C17H17F2N3O3S. The molecule has 9 heteroatoms. The number of hydrogen-bond donors (Lipinski definition) is 1. The number of anilines is 1. The fourth-order valence-electron chi connectivity index (χ4n) is 2.28. The lowest BCUT2D eigenvalue weighted by Crippen LogP contribution is -2.29.